The molecule has 0 radical (unpaired) electrons. The zero-order chi connectivity index (χ0) is 14.4. The Morgan fingerprint density at radius 3 is 2.48 bits per heavy atom. The lowest BCUT2D eigenvalue weighted by Crippen LogP contribution is -2.48. The van der Waals surface area contributed by atoms with Crippen LogP contribution in [-0.2, 0) is 4.79 Å². The monoisotopic (exact) mass is 373 g/mol. The van der Waals surface area contributed by atoms with Crippen molar-refractivity contribution in [3.8, 4) is 0 Å². The van der Waals surface area contributed by atoms with Gasteiger partial charge >= 0.3 is 0 Å². The van der Waals surface area contributed by atoms with Crippen molar-refractivity contribution in [3.63, 3.8) is 0 Å². The molecule has 0 atom stereocenters. The maximum Gasteiger partial charge on any atom is 0.242 e. The number of benzene rings is 1. The predicted molar refractivity (Wildman–Crippen MR) is 98.8 cm³/mol. The maximum absolute atomic E-state index is 12.3. The normalized spacial score (nSPS) is 19.8. The molecule has 2 N–H and O–H groups in total. The molecule has 1 aromatic heterocycles. The second-order valence-corrected chi connectivity index (χ2v) is 7.30. The first-order valence-corrected chi connectivity index (χ1v) is 8.41. The van der Waals surface area contributed by atoms with Gasteiger partial charge in [-0.25, -0.2) is 4.98 Å². The van der Waals surface area contributed by atoms with E-state index in [1.165, 1.54) is 9.71 Å². The second kappa shape index (κ2) is 6.93. The van der Waals surface area contributed by atoms with Crippen LogP contribution in [0.4, 0.5) is 0 Å². The minimum atomic E-state index is -0.525. The molecule has 1 saturated heterocycles. The van der Waals surface area contributed by atoms with Crippen molar-refractivity contribution in [3.05, 3.63) is 29.3 Å². The van der Waals surface area contributed by atoms with Crippen LogP contribution in [0.2, 0.25) is 0 Å². The molecule has 1 amide bonds. The van der Waals surface area contributed by atoms with Crippen molar-refractivity contribution in [2.45, 2.75) is 37.1 Å². The summed E-state index contributed by atoms with van der Waals surface area (Å²) in [4.78, 5) is 19.0. The van der Waals surface area contributed by atoms with Crippen molar-refractivity contribution in [2.24, 2.45) is 5.73 Å². The van der Waals surface area contributed by atoms with Crippen LogP contribution in [0, 0.1) is 0 Å². The van der Waals surface area contributed by atoms with E-state index in [-0.39, 0.29) is 30.7 Å². The van der Waals surface area contributed by atoms with E-state index in [1.54, 1.807) is 11.3 Å². The Bertz CT molecular complexity index is 660. The summed E-state index contributed by atoms with van der Waals surface area (Å²) in [7, 11) is 0. The van der Waals surface area contributed by atoms with Gasteiger partial charge in [-0.2, -0.15) is 0 Å². The molecule has 1 saturated carbocycles. The average Bonchev–Trinajstić information content (AvgIpc) is 3.13. The van der Waals surface area contributed by atoms with Crippen molar-refractivity contribution in [2.75, 3.05) is 13.1 Å². The van der Waals surface area contributed by atoms with Gasteiger partial charge in [0.15, 0.2) is 0 Å². The number of carbonyl (C=O) groups is 1. The third-order valence-corrected chi connectivity index (χ3v) is 5.86. The van der Waals surface area contributed by atoms with E-state index >= 15 is 0 Å². The van der Waals surface area contributed by atoms with Crippen LogP contribution in [0.1, 0.15) is 36.6 Å². The van der Waals surface area contributed by atoms with Gasteiger partial charge in [-0.05, 0) is 37.8 Å². The molecule has 0 spiro atoms. The van der Waals surface area contributed by atoms with Gasteiger partial charge in [0.2, 0.25) is 5.91 Å². The fourth-order valence-electron chi connectivity index (χ4n) is 3.06. The number of nitrogens with zero attached hydrogens (tertiary/aromatic N) is 2. The van der Waals surface area contributed by atoms with E-state index in [2.05, 4.69) is 18.2 Å². The van der Waals surface area contributed by atoms with Crippen LogP contribution in [-0.4, -0.2) is 34.4 Å². The number of piperidine rings is 1. The molecule has 1 aliphatic heterocycles. The van der Waals surface area contributed by atoms with Crippen molar-refractivity contribution in [1.29, 1.82) is 0 Å². The smallest absolute Gasteiger partial charge is 0.242 e. The standard InChI is InChI=1S/C16H19N3OS.2ClH/c17-16(7-8-16)15(20)19-9-5-11(6-10-19)14-18-12-3-1-2-4-13(12)21-14;;/h1-4,11H,5-10,17H2;2*1H. The molecule has 1 aliphatic carbocycles. The number of rotatable bonds is 2. The van der Waals surface area contributed by atoms with Gasteiger partial charge in [-0.3, -0.25) is 4.79 Å². The summed E-state index contributed by atoms with van der Waals surface area (Å²) in [5.41, 5.74) is 6.58. The van der Waals surface area contributed by atoms with Crippen LogP contribution < -0.4 is 5.73 Å². The number of fused-ring (bicyclic) bond motifs is 1. The first-order chi connectivity index (χ1) is 10.2. The number of hydrogen-bond acceptors (Lipinski definition) is 4. The highest BCUT2D eigenvalue weighted by Gasteiger charge is 2.48. The lowest BCUT2D eigenvalue weighted by Gasteiger charge is -2.32. The number of halogens is 2. The van der Waals surface area contributed by atoms with Gasteiger partial charge in [0.25, 0.3) is 0 Å². The summed E-state index contributed by atoms with van der Waals surface area (Å²) in [5.74, 6) is 0.643. The second-order valence-electron chi connectivity index (χ2n) is 6.24. The van der Waals surface area contributed by atoms with Crippen molar-refractivity contribution in [1.82, 2.24) is 9.88 Å². The number of aromatic nitrogens is 1. The third-order valence-electron chi connectivity index (χ3n) is 4.66. The summed E-state index contributed by atoms with van der Waals surface area (Å²) < 4.78 is 1.25. The average molecular weight is 374 g/mol. The molecule has 1 aromatic carbocycles. The Balaban J connectivity index is 0.000000960. The summed E-state index contributed by atoms with van der Waals surface area (Å²) in [6.07, 6.45) is 3.70. The van der Waals surface area contributed by atoms with Gasteiger partial charge in [0.05, 0.1) is 20.8 Å². The number of hydrogen-bond donors (Lipinski definition) is 1. The molecule has 4 rings (SSSR count). The molecule has 2 aliphatic rings. The van der Waals surface area contributed by atoms with Gasteiger partial charge in [-0.15, -0.1) is 36.2 Å². The number of amides is 1. The minimum Gasteiger partial charge on any atom is -0.341 e. The lowest BCUT2D eigenvalue weighted by atomic mass is 9.97. The zero-order valence-corrected chi connectivity index (χ0v) is 15.2. The fourth-order valence-corrected chi connectivity index (χ4v) is 4.19. The SMILES string of the molecule is Cl.Cl.NC1(C(=O)N2CCC(c3nc4ccccc4s3)CC2)CC1. The Labute approximate surface area is 152 Å². The topological polar surface area (TPSA) is 59.2 Å². The molecule has 0 unspecified atom stereocenters. The number of likely N-dealkylation sites (tertiary alicyclic amines) is 1. The third kappa shape index (κ3) is 3.48. The highest BCUT2D eigenvalue weighted by molar-refractivity contribution is 7.18. The van der Waals surface area contributed by atoms with Crippen LogP contribution in [0.25, 0.3) is 10.2 Å². The van der Waals surface area contributed by atoms with Gasteiger partial charge in [-0.1, -0.05) is 12.1 Å². The Morgan fingerprint density at radius 2 is 1.87 bits per heavy atom. The Kier molecular flexibility index (Phi) is 5.56. The lowest BCUT2D eigenvalue weighted by molar-refractivity contribution is -0.134. The number of para-hydroxylation sites is 1. The number of nitrogens with two attached hydrogens (primary N) is 1. The summed E-state index contributed by atoms with van der Waals surface area (Å²) >= 11 is 1.79. The molecule has 126 valence electrons. The van der Waals surface area contributed by atoms with E-state index in [9.17, 15) is 4.79 Å². The Morgan fingerprint density at radius 1 is 1.22 bits per heavy atom. The highest BCUT2D eigenvalue weighted by atomic mass is 35.5. The van der Waals surface area contributed by atoms with Crippen LogP contribution in [0.3, 0.4) is 0 Å². The van der Waals surface area contributed by atoms with Crippen LogP contribution in [0.15, 0.2) is 24.3 Å². The molecular weight excluding hydrogens is 353 g/mol. The summed E-state index contributed by atoms with van der Waals surface area (Å²) in [6, 6.07) is 8.28. The van der Waals surface area contributed by atoms with E-state index in [1.807, 2.05) is 11.0 Å². The molecule has 2 heterocycles. The zero-order valence-electron chi connectivity index (χ0n) is 12.7. The van der Waals surface area contributed by atoms with E-state index in [0.29, 0.717) is 5.92 Å². The minimum absolute atomic E-state index is 0. The van der Waals surface area contributed by atoms with Gasteiger partial charge in [0.1, 0.15) is 0 Å². The van der Waals surface area contributed by atoms with Crippen molar-refractivity contribution < 1.29 is 4.79 Å². The number of thiazole rings is 1. The molecule has 23 heavy (non-hydrogen) atoms. The van der Waals surface area contributed by atoms with Crippen LogP contribution in [0.5, 0.6) is 0 Å². The molecular formula is C16H21Cl2N3OS. The quantitative estimate of drug-likeness (QED) is 0.877. The Hall–Kier alpha value is -0.880. The maximum atomic E-state index is 12.3. The fraction of sp³-hybridized carbons (Fsp3) is 0.500. The molecule has 7 heteroatoms. The number of carbonyl (C=O) groups excluding carboxylic acids is 1. The first-order valence-electron chi connectivity index (χ1n) is 7.59. The summed E-state index contributed by atoms with van der Waals surface area (Å²) in [5, 5.41) is 1.22. The first kappa shape index (κ1) is 18.5. The molecule has 2 fully saturated rings. The molecule has 2 aromatic rings. The largest absolute Gasteiger partial charge is 0.341 e. The predicted octanol–water partition coefficient (Wildman–Crippen LogP) is 3.34. The highest BCUT2D eigenvalue weighted by Crippen LogP contribution is 2.37. The van der Waals surface area contributed by atoms with Crippen molar-refractivity contribution >= 4 is 52.3 Å². The van der Waals surface area contributed by atoms with E-state index in [4.69, 9.17) is 10.7 Å². The molecule has 4 nitrogen and oxygen atoms in total. The van der Waals surface area contributed by atoms with E-state index < -0.39 is 5.54 Å². The van der Waals surface area contributed by atoms with Crippen LogP contribution >= 0.6 is 36.2 Å². The van der Waals surface area contributed by atoms with Gasteiger partial charge in [0, 0.05) is 19.0 Å². The van der Waals surface area contributed by atoms with E-state index in [0.717, 1.165) is 44.3 Å². The van der Waals surface area contributed by atoms with Gasteiger partial charge < -0.3 is 10.6 Å². The summed E-state index contributed by atoms with van der Waals surface area (Å²) in [6.45, 7) is 1.64. The molecule has 0 bridgehead atoms.